The lowest BCUT2D eigenvalue weighted by Crippen LogP contribution is -2.47. The van der Waals surface area contributed by atoms with Gasteiger partial charge in [0.2, 0.25) is 5.91 Å². The molecule has 75 heavy (non-hydrogen) atoms. The molecule has 0 heterocycles. The van der Waals surface area contributed by atoms with E-state index in [0.29, 0.717) is 17.4 Å². The summed E-state index contributed by atoms with van der Waals surface area (Å²) in [5.74, 6) is -0.536. The van der Waals surface area contributed by atoms with Gasteiger partial charge in [0.15, 0.2) is 0 Å². The fraction of sp³-hybridized carbons (Fsp3) is 0.754. The fourth-order valence-electron chi connectivity index (χ4n) is 8.48. The number of likely N-dealkylation sites (N-methyl/N-ethyl adjacent to an activating group) is 1. The predicted molar refractivity (Wildman–Crippen MR) is 323 cm³/mol. The maximum Gasteiger partial charge on any atom is 0.472 e. The van der Waals surface area contributed by atoms with Crippen LogP contribution in [0.5, 0.6) is 0 Å². The van der Waals surface area contributed by atoms with Gasteiger partial charge in [-0.25, -0.2) is 4.57 Å². The number of unbranched alkanes of at least 4 members (excludes halogenated alkanes) is 27. The lowest BCUT2D eigenvalue weighted by atomic mass is 10.1. The Morgan fingerprint density at radius 1 is 0.467 bits per heavy atom. The highest BCUT2D eigenvalue weighted by atomic mass is 31.2. The van der Waals surface area contributed by atoms with Crippen molar-refractivity contribution >= 4 is 19.7 Å². The molecule has 3 unspecified atom stereocenters. The summed E-state index contributed by atoms with van der Waals surface area (Å²) in [6.07, 6.45) is 71.4. The summed E-state index contributed by atoms with van der Waals surface area (Å²) in [5.41, 5.74) is 0. The molecule has 0 fully saturated rings. The van der Waals surface area contributed by atoms with Crippen LogP contribution >= 0.6 is 7.82 Å². The third kappa shape index (κ3) is 55.7. The maximum absolute atomic E-state index is 13.5. The zero-order valence-electron chi connectivity index (χ0n) is 49.5. The van der Waals surface area contributed by atoms with E-state index in [9.17, 15) is 19.0 Å². The number of phosphoric acid groups is 1. The maximum atomic E-state index is 13.5. The third-order valence-corrected chi connectivity index (χ3v) is 14.3. The first-order chi connectivity index (χ1) is 36.4. The first kappa shape index (κ1) is 72.2. The topological polar surface area (TPSA) is 111 Å². The molecule has 0 aliphatic heterocycles. The average molecular weight is 1070 g/mol. The Hall–Kier alpha value is -2.81. The van der Waals surface area contributed by atoms with Crippen molar-refractivity contribution in [1.29, 1.82) is 0 Å². The van der Waals surface area contributed by atoms with Gasteiger partial charge in [0.1, 0.15) is 19.3 Å². The second-order valence-electron chi connectivity index (χ2n) is 21.9. The number of amides is 1. The normalized spacial score (nSPS) is 14.3. The highest BCUT2D eigenvalue weighted by Gasteiger charge is 2.30. The van der Waals surface area contributed by atoms with E-state index in [1.54, 1.807) is 0 Å². The van der Waals surface area contributed by atoms with Gasteiger partial charge in [0.05, 0.1) is 33.8 Å². The van der Waals surface area contributed by atoms with E-state index in [1.807, 2.05) is 33.3 Å². The van der Waals surface area contributed by atoms with E-state index in [0.717, 1.165) is 116 Å². The van der Waals surface area contributed by atoms with Gasteiger partial charge in [-0.05, 0) is 109 Å². The zero-order chi connectivity index (χ0) is 55.0. The molecule has 0 rings (SSSR count). The zero-order valence-corrected chi connectivity index (χ0v) is 50.4. The van der Waals surface area contributed by atoms with Crippen LogP contribution in [0.15, 0.2) is 85.1 Å². The molecule has 10 heteroatoms. The number of nitrogens with one attached hydrogen (secondary N) is 1. The van der Waals surface area contributed by atoms with Crippen LogP contribution in [0.1, 0.15) is 265 Å². The van der Waals surface area contributed by atoms with Crippen LogP contribution in [0.3, 0.4) is 0 Å². The first-order valence-corrected chi connectivity index (χ1v) is 32.4. The Kier molecular flexibility index (Phi) is 52.5. The fourth-order valence-corrected chi connectivity index (χ4v) is 9.22. The molecule has 1 amide bonds. The Bertz CT molecular complexity index is 1560. The summed E-state index contributed by atoms with van der Waals surface area (Å²) in [6.45, 7) is 6.93. The van der Waals surface area contributed by atoms with Crippen LogP contribution in [-0.4, -0.2) is 74.3 Å². The number of esters is 1. The molecule has 0 saturated heterocycles. The van der Waals surface area contributed by atoms with Crippen LogP contribution in [-0.2, 0) is 27.9 Å². The molecule has 0 aliphatic rings. The van der Waals surface area contributed by atoms with Crippen molar-refractivity contribution in [2.75, 3.05) is 40.9 Å². The standard InChI is InChI=1S/C65H117N2O7P/c1-7-10-13-16-19-22-25-27-29-31-33-35-37-39-42-45-48-51-54-57-64(68)66-62(61-73-75(70,71)72-60-59-67(4,5)6)63(56-53-50-47-44-41-24-21-18-15-12-9-3)74-65(69)58-55-52-49-46-43-40-38-36-34-32-30-28-26-23-20-17-14-11-8-2/h19-20,22-23,27-30,33-36,53,56,62-63H,7-18,21,24-26,31-32,37-52,54-55,57-61H2,1-6H3,(H-,66,68,70,71)/p+1/b22-19-,23-20-,29-27-,30-28-,35-33-,36-34-,56-53+. The molecule has 434 valence electrons. The van der Waals surface area contributed by atoms with Crippen LogP contribution in [0.2, 0.25) is 0 Å². The van der Waals surface area contributed by atoms with E-state index < -0.39 is 20.0 Å². The minimum absolute atomic E-state index is 0.0316. The van der Waals surface area contributed by atoms with Crippen molar-refractivity contribution in [3.05, 3.63) is 85.1 Å². The Morgan fingerprint density at radius 2 is 0.813 bits per heavy atom. The molecular formula is C65H118N2O7P+. The van der Waals surface area contributed by atoms with Crippen molar-refractivity contribution < 1.29 is 37.3 Å². The minimum atomic E-state index is -4.46. The van der Waals surface area contributed by atoms with Crippen LogP contribution in [0.25, 0.3) is 0 Å². The first-order valence-electron chi connectivity index (χ1n) is 30.9. The monoisotopic (exact) mass is 1070 g/mol. The largest absolute Gasteiger partial charge is 0.472 e. The molecule has 0 aromatic carbocycles. The van der Waals surface area contributed by atoms with E-state index in [4.69, 9.17) is 13.8 Å². The summed E-state index contributed by atoms with van der Waals surface area (Å²) >= 11 is 0. The third-order valence-electron chi connectivity index (χ3n) is 13.3. The van der Waals surface area contributed by atoms with E-state index in [-0.39, 0.29) is 31.5 Å². The molecular weight excluding hydrogens is 952 g/mol. The molecule has 0 aliphatic carbocycles. The Morgan fingerprint density at radius 3 is 1.24 bits per heavy atom. The lowest BCUT2D eigenvalue weighted by molar-refractivity contribution is -0.870. The van der Waals surface area contributed by atoms with Crippen molar-refractivity contribution in [2.24, 2.45) is 0 Å². The molecule has 0 aromatic rings. The number of phosphoric ester groups is 1. The molecule has 0 saturated carbocycles. The Balaban J connectivity index is 5.29. The van der Waals surface area contributed by atoms with Crippen LogP contribution < -0.4 is 5.32 Å². The molecule has 9 nitrogen and oxygen atoms in total. The van der Waals surface area contributed by atoms with Crippen LogP contribution in [0, 0.1) is 0 Å². The summed E-state index contributed by atoms with van der Waals surface area (Å²) in [4.78, 5) is 37.7. The SMILES string of the molecule is CCCCC/C=C\C/C=C\C/C=C\CCCCCCCCC(=O)NC(COP(=O)(O)OCC[N+](C)(C)C)C(/C=C/CCCCCCCCCCC)OC(=O)CCCCCCCC/C=C\C/C=C\C/C=C\CCCCC. The highest BCUT2D eigenvalue weighted by molar-refractivity contribution is 7.47. The van der Waals surface area contributed by atoms with Crippen molar-refractivity contribution in [2.45, 2.75) is 277 Å². The molecule has 0 aromatic heterocycles. The van der Waals surface area contributed by atoms with Gasteiger partial charge in [-0.2, -0.15) is 0 Å². The number of nitrogens with zero attached hydrogens (tertiary/aromatic N) is 1. The summed E-state index contributed by atoms with van der Waals surface area (Å²) in [5, 5.41) is 3.04. The second kappa shape index (κ2) is 54.5. The van der Waals surface area contributed by atoms with E-state index in [2.05, 4.69) is 99.0 Å². The summed E-state index contributed by atoms with van der Waals surface area (Å²) < 4.78 is 30.7. The summed E-state index contributed by atoms with van der Waals surface area (Å²) in [7, 11) is 1.47. The molecule has 2 N–H and O–H groups in total. The van der Waals surface area contributed by atoms with Gasteiger partial charge < -0.3 is 19.4 Å². The second-order valence-corrected chi connectivity index (χ2v) is 23.3. The van der Waals surface area contributed by atoms with Gasteiger partial charge in [0.25, 0.3) is 0 Å². The quantitative estimate of drug-likeness (QED) is 0.0205. The number of carbonyl (C=O) groups excluding carboxylic acids is 2. The van der Waals surface area contributed by atoms with Crippen molar-refractivity contribution in [3.8, 4) is 0 Å². The number of allylic oxidation sites excluding steroid dienone is 13. The van der Waals surface area contributed by atoms with Gasteiger partial charge in [-0.15, -0.1) is 0 Å². The highest BCUT2D eigenvalue weighted by Crippen LogP contribution is 2.43. The van der Waals surface area contributed by atoms with Gasteiger partial charge >= 0.3 is 13.8 Å². The summed E-state index contributed by atoms with van der Waals surface area (Å²) in [6, 6.07) is -0.865. The lowest BCUT2D eigenvalue weighted by Gasteiger charge is -2.27. The number of rotatable bonds is 55. The van der Waals surface area contributed by atoms with Crippen LogP contribution in [0.4, 0.5) is 0 Å². The van der Waals surface area contributed by atoms with Gasteiger partial charge in [0, 0.05) is 12.8 Å². The Labute approximate surface area is 463 Å². The predicted octanol–water partition coefficient (Wildman–Crippen LogP) is 19.0. The number of carbonyl (C=O) groups is 2. The van der Waals surface area contributed by atoms with Gasteiger partial charge in [-0.3, -0.25) is 18.6 Å². The number of hydrogen-bond acceptors (Lipinski definition) is 6. The minimum Gasteiger partial charge on any atom is -0.456 e. The number of hydrogen-bond donors (Lipinski definition) is 2. The van der Waals surface area contributed by atoms with E-state index >= 15 is 0 Å². The molecule has 0 spiro atoms. The average Bonchev–Trinajstić information content (AvgIpc) is 3.37. The molecule has 3 atom stereocenters. The van der Waals surface area contributed by atoms with E-state index in [1.165, 1.54) is 116 Å². The smallest absolute Gasteiger partial charge is 0.456 e. The number of ether oxygens (including phenoxy) is 1. The van der Waals surface area contributed by atoms with Crippen molar-refractivity contribution in [1.82, 2.24) is 5.32 Å². The molecule has 0 bridgehead atoms. The number of quaternary nitrogens is 1. The van der Waals surface area contributed by atoms with Gasteiger partial charge in [-0.1, -0.05) is 228 Å². The van der Waals surface area contributed by atoms with Crippen molar-refractivity contribution in [3.63, 3.8) is 0 Å². The molecule has 0 radical (unpaired) electrons.